The Morgan fingerprint density at radius 2 is 2.07 bits per heavy atom. The van der Waals surface area contributed by atoms with E-state index in [9.17, 15) is 9.59 Å². The zero-order chi connectivity index (χ0) is 11.4. The Kier molecular flexibility index (Phi) is 3.86. The molecule has 1 rings (SSSR count). The fourth-order valence-corrected chi connectivity index (χ4v) is 1.21. The Bertz CT molecular complexity index is 426. The fourth-order valence-electron chi connectivity index (χ4n) is 1.12. The summed E-state index contributed by atoms with van der Waals surface area (Å²) in [6.45, 7) is 3.96. The topological polar surface area (TPSA) is 43.4 Å². The SMILES string of the molecule is CC(C)c1cccc(=O)c(OC(=O)Cl)c1. The predicted octanol–water partition coefficient (Wildman–Crippen LogP) is 2.91. The first-order valence-corrected chi connectivity index (χ1v) is 4.90. The molecule has 0 unspecified atom stereocenters. The molecule has 0 N–H and O–H groups in total. The lowest BCUT2D eigenvalue weighted by Gasteiger charge is -2.02. The molecule has 1 aromatic rings. The van der Waals surface area contributed by atoms with E-state index in [-0.39, 0.29) is 17.1 Å². The van der Waals surface area contributed by atoms with Crippen LogP contribution in [0.4, 0.5) is 4.79 Å². The van der Waals surface area contributed by atoms with Crippen LogP contribution in [0.3, 0.4) is 0 Å². The summed E-state index contributed by atoms with van der Waals surface area (Å²) in [4.78, 5) is 21.9. The number of carbonyl (C=O) groups is 1. The molecule has 0 aliphatic rings. The quantitative estimate of drug-likeness (QED) is 0.729. The molecule has 0 atom stereocenters. The van der Waals surface area contributed by atoms with Crippen LogP contribution in [0.1, 0.15) is 25.3 Å². The molecular weight excluding hydrogens is 216 g/mol. The first-order chi connectivity index (χ1) is 7.00. The zero-order valence-electron chi connectivity index (χ0n) is 8.49. The zero-order valence-corrected chi connectivity index (χ0v) is 9.25. The molecule has 0 fully saturated rings. The van der Waals surface area contributed by atoms with Crippen molar-refractivity contribution in [2.24, 2.45) is 0 Å². The molecule has 0 amide bonds. The molecule has 0 spiro atoms. The van der Waals surface area contributed by atoms with Crippen LogP contribution in [0.5, 0.6) is 5.75 Å². The van der Waals surface area contributed by atoms with Crippen LogP contribution < -0.4 is 10.2 Å². The lowest BCUT2D eigenvalue weighted by molar-refractivity contribution is 0.225. The van der Waals surface area contributed by atoms with Gasteiger partial charge in [-0.25, -0.2) is 4.79 Å². The van der Waals surface area contributed by atoms with Gasteiger partial charge in [-0.2, -0.15) is 0 Å². The van der Waals surface area contributed by atoms with Crippen LogP contribution in [-0.4, -0.2) is 5.43 Å². The maximum atomic E-state index is 11.4. The summed E-state index contributed by atoms with van der Waals surface area (Å²) in [6.07, 6.45) is 0. The van der Waals surface area contributed by atoms with Crippen molar-refractivity contribution in [2.45, 2.75) is 19.8 Å². The first kappa shape index (κ1) is 11.7. The van der Waals surface area contributed by atoms with Crippen LogP contribution >= 0.6 is 11.6 Å². The highest BCUT2D eigenvalue weighted by Crippen LogP contribution is 2.16. The van der Waals surface area contributed by atoms with Crippen LogP contribution in [0.2, 0.25) is 0 Å². The summed E-state index contributed by atoms with van der Waals surface area (Å²) in [5.41, 5.74) is -0.464. The summed E-state index contributed by atoms with van der Waals surface area (Å²) in [6, 6.07) is 6.30. The van der Waals surface area contributed by atoms with Crippen molar-refractivity contribution in [3.05, 3.63) is 40.1 Å². The lowest BCUT2D eigenvalue weighted by Crippen LogP contribution is -2.06. The van der Waals surface area contributed by atoms with Gasteiger partial charge in [-0.3, -0.25) is 4.79 Å². The minimum Gasteiger partial charge on any atom is -0.410 e. The maximum Gasteiger partial charge on any atom is 0.409 e. The highest BCUT2D eigenvalue weighted by molar-refractivity contribution is 6.61. The third kappa shape index (κ3) is 3.36. The number of halogens is 1. The van der Waals surface area contributed by atoms with Gasteiger partial charge in [0.2, 0.25) is 5.43 Å². The van der Waals surface area contributed by atoms with E-state index >= 15 is 0 Å². The van der Waals surface area contributed by atoms with Crippen molar-refractivity contribution in [2.75, 3.05) is 0 Å². The molecule has 0 aliphatic heterocycles. The largest absolute Gasteiger partial charge is 0.410 e. The fraction of sp³-hybridized carbons (Fsp3) is 0.273. The molecule has 1 aromatic carbocycles. The standard InChI is InChI=1S/C11H11ClO3/c1-7(2)8-4-3-5-9(13)10(6-8)15-11(12)14/h3-7H,1-2H3. The van der Waals surface area contributed by atoms with Gasteiger partial charge in [-0.05, 0) is 23.6 Å². The predicted molar refractivity (Wildman–Crippen MR) is 58.7 cm³/mol. The Balaban J connectivity index is 3.25. The summed E-state index contributed by atoms with van der Waals surface area (Å²) >= 11 is 5.06. The van der Waals surface area contributed by atoms with Crippen LogP contribution in [0.15, 0.2) is 29.1 Å². The maximum absolute atomic E-state index is 11.4. The smallest absolute Gasteiger partial charge is 0.409 e. The molecule has 15 heavy (non-hydrogen) atoms. The van der Waals surface area contributed by atoms with Gasteiger partial charge in [0.1, 0.15) is 0 Å². The highest BCUT2D eigenvalue weighted by Gasteiger charge is 2.06. The van der Waals surface area contributed by atoms with Crippen molar-refractivity contribution in [1.82, 2.24) is 0 Å². The van der Waals surface area contributed by atoms with Crippen molar-refractivity contribution >= 4 is 17.0 Å². The molecule has 0 aliphatic carbocycles. The van der Waals surface area contributed by atoms with Gasteiger partial charge in [-0.1, -0.05) is 26.0 Å². The molecule has 3 nitrogen and oxygen atoms in total. The Morgan fingerprint density at radius 3 is 2.60 bits per heavy atom. The second kappa shape index (κ2) is 4.94. The number of hydrogen-bond acceptors (Lipinski definition) is 3. The van der Waals surface area contributed by atoms with Gasteiger partial charge in [0, 0.05) is 11.6 Å². The molecule has 80 valence electrons. The van der Waals surface area contributed by atoms with Gasteiger partial charge >= 0.3 is 5.43 Å². The molecule has 0 radical (unpaired) electrons. The van der Waals surface area contributed by atoms with E-state index in [4.69, 9.17) is 11.6 Å². The molecule has 4 heteroatoms. The summed E-state index contributed by atoms with van der Waals surface area (Å²) < 4.78 is 4.61. The van der Waals surface area contributed by atoms with Gasteiger partial charge in [-0.15, -0.1) is 0 Å². The van der Waals surface area contributed by atoms with Crippen LogP contribution in [-0.2, 0) is 0 Å². The second-order valence-corrected chi connectivity index (χ2v) is 3.70. The second-order valence-electron chi connectivity index (χ2n) is 3.39. The Labute approximate surface area is 92.6 Å². The highest BCUT2D eigenvalue weighted by atomic mass is 35.5. The third-order valence-electron chi connectivity index (χ3n) is 1.93. The van der Waals surface area contributed by atoms with Crippen LogP contribution in [0.25, 0.3) is 0 Å². The van der Waals surface area contributed by atoms with Crippen molar-refractivity contribution in [3.8, 4) is 5.75 Å². The summed E-state index contributed by atoms with van der Waals surface area (Å²) in [5, 5.41) is 0. The molecule has 0 aromatic heterocycles. The molecule has 0 heterocycles. The third-order valence-corrected chi connectivity index (χ3v) is 2.01. The molecular formula is C11H11ClO3. The Hall–Kier alpha value is -1.35. The van der Waals surface area contributed by atoms with E-state index < -0.39 is 5.43 Å². The van der Waals surface area contributed by atoms with E-state index in [2.05, 4.69) is 4.74 Å². The normalized spacial score (nSPS) is 10.1. The van der Waals surface area contributed by atoms with E-state index in [0.29, 0.717) is 0 Å². The number of rotatable bonds is 2. The van der Waals surface area contributed by atoms with E-state index in [1.165, 1.54) is 12.1 Å². The van der Waals surface area contributed by atoms with E-state index in [0.717, 1.165) is 5.56 Å². The van der Waals surface area contributed by atoms with Gasteiger partial charge in [0.25, 0.3) is 0 Å². The molecule has 0 saturated carbocycles. The number of hydrogen-bond donors (Lipinski definition) is 0. The van der Waals surface area contributed by atoms with Crippen molar-refractivity contribution < 1.29 is 9.53 Å². The van der Waals surface area contributed by atoms with Gasteiger partial charge in [0.15, 0.2) is 5.75 Å². The first-order valence-electron chi connectivity index (χ1n) is 4.52. The average molecular weight is 227 g/mol. The Morgan fingerprint density at radius 1 is 1.40 bits per heavy atom. The minimum absolute atomic E-state index is 0.0382. The van der Waals surface area contributed by atoms with Gasteiger partial charge < -0.3 is 4.74 Å². The molecule has 0 saturated heterocycles. The van der Waals surface area contributed by atoms with Gasteiger partial charge in [0.05, 0.1) is 0 Å². The van der Waals surface area contributed by atoms with Crippen molar-refractivity contribution in [1.29, 1.82) is 0 Å². The monoisotopic (exact) mass is 226 g/mol. The summed E-state index contributed by atoms with van der Waals surface area (Å²) in [7, 11) is 0. The number of ether oxygens (including phenoxy) is 1. The average Bonchev–Trinajstić information content (AvgIpc) is 2.28. The van der Waals surface area contributed by atoms with Crippen LogP contribution in [0, 0.1) is 0 Å². The van der Waals surface area contributed by atoms with E-state index in [1.54, 1.807) is 12.1 Å². The number of carbonyl (C=O) groups excluding carboxylic acids is 1. The lowest BCUT2D eigenvalue weighted by atomic mass is 10.1. The molecule has 0 bridgehead atoms. The summed E-state index contributed by atoms with van der Waals surface area (Å²) in [5.74, 6) is 0.202. The van der Waals surface area contributed by atoms with Crippen molar-refractivity contribution in [3.63, 3.8) is 0 Å². The van der Waals surface area contributed by atoms with E-state index in [1.807, 2.05) is 13.8 Å². The minimum atomic E-state index is -1.01.